The van der Waals surface area contributed by atoms with Gasteiger partial charge < -0.3 is 20.1 Å². The number of hydrogen-bond acceptors (Lipinski definition) is 4. The lowest BCUT2D eigenvalue weighted by Crippen LogP contribution is -2.37. The molecular weight excluding hydrogens is 432 g/mol. The topological polar surface area (TPSA) is 95.9 Å². The van der Waals surface area contributed by atoms with Crippen LogP contribution in [0.5, 0.6) is 0 Å². The van der Waals surface area contributed by atoms with Crippen LogP contribution in [0.2, 0.25) is 0 Å². The number of benzene rings is 2. The molecule has 180 valence electrons. The fourth-order valence-corrected chi connectivity index (χ4v) is 5.13. The van der Waals surface area contributed by atoms with Crippen molar-refractivity contribution < 1.29 is 24.2 Å². The van der Waals surface area contributed by atoms with Gasteiger partial charge in [0.05, 0.1) is 5.92 Å². The third kappa shape index (κ3) is 4.93. The van der Waals surface area contributed by atoms with Crippen LogP contribution < -0.4 is 5.32 Å². The SMILES string of the molecule is CCC(CCC(=O)N1CC(C)C(C(=O)O)C1)NC(=O)OCC1c2ccccc2-c2ccccc21. The van der Waals surface area contributed by atoms with Crippen LogP contribution in [0.3, 0.4) is 0 Å². The monoisotopic (exact) mass is 464 g/mol. The molecule has 1 aliphatic heterocycles. The second-order valence-electron chi connectivity index (χ2n) is 9.33. The van der Waals surface area contributed by atoms with Crippen LogP contribution in [0.15, 0.2) is 48.5 Å². The van der Waals surface area contributed by atoms with E-state index >= 15 is 0 Å². The highest BCUT2D eigenvalue weighted by Gasteiger charge is 2.36. The molecule has 0 bridgehead atoms. The summed E-state index contributed by atoms with van der Waals surface area (Å²) in [7, 11) is 0. The van der Waals surface area contributed by atoms with Crippen LogP contribution in [-0.4, -0.2) is 53.7 Å². The normalized spacial score (nSPS) is 19.9. The highest BCUT2D eigenvalue weighted by Crippen LogP contribution is 2.44. The first-order chi connectivity index (χ1) is 16.4. The maximum absolute atomic E-state index is 12.6. The number of amides is 2. The predicted octanol–water partition coefficient (Wildman–Crippen LogP) is 4.26. The Hall–Kier alpha value is -3.35. The molecule has 0 spiro atoms. The minimum Gasteiger partial charge on any atom is -0.481 e. The van der Waals surface area contributed by atoms with Crippen LogP contribution in [0.4, 0.5) is 4.79 Å². The number of rotatable bonds is 8. The number of hydrogen-bond donors (Lipinski definition) is 2. The van der Waals surface area contributed by atoms with E-state index in [0.717, 1.165) is 11.1 Å². The number of carbonyl (C=O) groups excluding carboxylic acids is 2. The van der Waals surface area contributed by atoms with Gasteiger partial charge in [0.15, 0.2) is 0 Å². The first-order valence-electron chi connectivity index (χ1n) is 12.0. The van der Waals surface area contributed by atoms with Crippen LogP contribution in [0, 0.1) is 11.8 Å². The van der Waals surface area contributed by atoms with Gasteiger partial charge in [-0.1, -0.05) is 62.4 Å². The Morgan fingerprint density at radius 3 is 2.24 bits per heavy atom. The molecule has 7 nitrogen and oxygen atoms in total. The molecular formula is C27H32N2O5. The molecule has 0 radical (unpaired) electrons. The molecule has 3 unspecified atom stereocenters. The lowest BCUT2D eigenvalue weighted by Gasteiger charge is -2.20. The number of nitrogens with one attached hydrogen (secondary N) is 1. The fourth-order valence-electron chi connectivity index (χ4n) is 5.13. The summed E-state index contributed by atoms with van der Waals surface area (Å²) in [5.41, 5.74) is 4.68. The number of carboxylic acid groups (broad SMARTS) is 1. The van der Waals surface area contributed by atoms with Gasteiger partial charge in [0.25, 0.3) is 0 Å². The first kappa shape index (κ1) is 23.8. The molecule has 34 heavy (non-hydrogen) atoms. The Morgan fingerprint density at radius 1 is 1.06 bits per heavy atom. The first-order valence-corrected chi connectivity index (χ1v) is 12.0. The average molecular weight is 465 g/mol. The fraction of sp³-hybridized carbons (Fsp3) is 0.444. The predicted molar refractivity (Wildman–Crippen MR) is 128 cm³/mol. The van der Waals surface area contributed by atoms with Crippen molar-refractivity contribution in [2.24, 2.45) is 11.8 Å². The summed E-state index contributed by atoms with van der Waals surface area (Å²) in [6.07, 6.45) is 0.941. The number of fused-ring (bicyclic) bond motifs is 3. The van der Waals surface area contributed by atoms with Gasteiger partial charge in [0.1, 0.15) is 6.61 Å². The van der Waals surface area contributed by atoms with E-state index in [4.69, 9.17) is 4.74 Å². The molecule has 0 aromatic heterocycles. The Kier molecular flexibility index (Phi) is 7.20. The van der Waals surface area contributed by atoms with E-state index < -0.39 is 18.0 Å². The summed E-state index contributed by atoms with van der Waals surface area (Å²) in [5.74, 6) is -1.49. The third-order valence-electron chi connectivity index (χ3n) is 7.15. The van der Waals surface area contributed by atoms with Crippen molar-refractivity contribution in [2.75, 3.05) is 19.7 Å². The summed E-state index contributed by atoms with van der Waals surface area (Å²) in [6, 6.07) is 16.2. The second kappa shape index (κ2) is 10.3. The van der Waals surface area contributed by atoms with Crippen molar-refractivity contribution >= 4 is 18.0 Å². The zero-order valence-electron chi connectivity index (χ0n) is 19.7. The molecule has 1 fully saturated rings. The van der Waals surface area contributed by atoms with Crippen molar-refractivity contribution in [3.8, 4) is 11.1 Å². The Bertz CT molecular complexity index is 1020. The number of ether oxygens (including phenoxy) is 1. The van der Waals surface area contributed by atoms with Crippen LogP contribution in [-0.2, 0) is 14.3 Å². The van der Waals surface area contributed by atoms with Crippen molar-refractivity contribution in [1.82, 2.24) is 10.2 Å². The van der Waals surface area contributed by atoms with Gasteiger partial charge in [-0.2, -0.15) is 0 Å². The highest BCUT2D eigenvalue weighted by molar-refractivity contribution is 5.80. The molecule has 2 aromatic rings. The zero-order chi connectivity index (χ0) is 24.2. The lowest BCUT2D eigenvalue weighted by atomic mass is 9.98. The minimum absolute atomic E-state index is 0.000795. The molecule has 2 amide bonds. The van der Waals surface area contributed by atoms with Crippen molar-refractivity contribution in [1.29, 1.82) is 0 Å². The van der Waals surface area contributed by atoms with Gasteiger partial charge in [0, 0.05) is 31.5 Å². The van der Waals surface area contributed by atoms with E-state index in [1.54, 1.807) is 4.90 Å². The molecule has 2 aromatic carbocycles. The van der Waals surface area contributed by atoms with E-state index in [2.05, 4.69) is 29.6 Å². The number of alkyl carbamates (subject to hydrolysis) is 1. The van der Waals surface area contributed by atoms with E-state index in [-0.39, 0.29) is 43.4 Å². The van der Waals surface area contributed by atoms with Crippen molar-refractivity contribution in [2.45, 2.75) is 45.1 Å². The maximum atomic E-state index is 12.6. The van der Waals surface area contributed by atoms with E-state index in [0.29, 0.717) is 19.4 Å². The third-order valence-corrected chi connectivity index (χ3v) is 7.15. The zero-order valence-corrected chi connectivity index (χ0v) is 19.7. The molecule has 1 aliphatic carbocycles. The summed E-state index contributed by atoms with van der Waals surface area (Å²) in [4.78, 5) is 38.1. The maximum Gasteiger partial charge on any atom is 0.407 e. The molecule has 0 saturated carbocycles. The number of likely N-dealkylation sites (tertiary alicyclic amines) is 1. The second-order valence-corrected chi connectivity index (χ2v) is 9.33. The summed E-state index contributed by atoms with van der Waals surface area (Å²) >= 11 is 0. The number of carbonyl (C=O) groups is 3. The molecule has 1 saturated heterocycles. The molecule has 1 heterocycles. The van der Waals surface area contributed by atoms with Crippen LogP contribution in [0.25, 0.3) is 11.1 Å². The van der Waals surface area contributed by atoms with Gasteiger partial charge in [0.2, 0.25) is 5.91 Å². The van der Waals surface area contributed by atoms with Crippen LogP contribution in [0.1, 0.15) is 50.2 Å². The van der Waals surface area contributed by atoms with E-state index in [9.17, 15) is 19.5 Å². The molecule has 7 heteroatoms. The lowest BCUT2D eigenvalue weighted by molar-refractivity contribution is -0.142. The summed E-state index contributed by atoms with van der Waals surface area (Å²) < 4.78 is 5.62. The van der Waals surface area contributed by atoms with Crippen molar-refractivity contribution in [3.63, 3.8) is 0 Å². The average Bonchev–Trinajstić information content (AvgIpc) is 3.38. The van der Waals surface area contributed by atoms with E-state index in [1.165, 1.54) is 11.1 Å². The molecule has 3 atom stereocenters. The van der Waals surface area contributed by atoms with Crippen LogP contribution >= 0.6 is 0 Å². The smallest absolute Gasteiger partial charge is 0.407 e. The van der Waals surface area contributed by atoms with Crippen molar-refractivity contribution in [3.05, 3.63) is 59.7 Å². The number of aliphatic carboxylic acids is 1. The number of nitrogens with zero attached hydrogens (tertiary/aromatic N) is 1. The molecule has 4 rings (SSSR count). The summed E-state index contributed by atoms with van der Waals surface area (Å²) in [6.45, 7) is 4.78. The Morgan fingerprint density at radius 2 is 1.68 bits per heavy atom. The Balaban J connectivity index is 1.28. The largest absolute Gasteiger partial charge is 0.481 e. The molecule has 2 aliphatic rings. The number of carboxylic acids is 1. The standard InChI is InChI=1S/C27H32N2O5/c1-3-18(12-13-25(30)29-14-17(2)23(15-29)26(31)32)28-27(33)34-16-24-21-10-6-4-8-19(21)20-9-5-7-11-22(20)24/h4-11,17-18,23-24H,3,12-16H2,1-2H3,(H,28,33)(H,31,32). The van der Waals surface area contributed by atoms with Gasteiger partial charge in [-0.25, -0.2) is 4.79 Å². The van der Waals surface area contributed by atoms with E-state index in [1.807, 2.05) is 38.1 Å². The highest BCUT2D eigenvalue weighted by atomic mass is 16.5. The van der Waals surface area contributed by atoms with Gasteiger partial charge >= 0.3 is 12.1 Å². The summed E-state index contributed by atoms with van der Waals surface area (Å²) in [5, 5.41) is 12.2. The molecule has 2 N–H and O–H groups in total. The minimum atomic E-state index is -0.855. The van der Waals surface area contributed by atoms with Gasteiger partial charge in [-0.15, -0.1) is 0 Å². The van der Waals surface area contributed by atoms with Gasteiger partial charge in [-0.3, -0.25) is 9.59 Å². The Labute approximate surface area is 200 Å². The quantitative estimate of drug-likeness (QED) is 0.609. The van der Waals surface area contributed by atoms with Gasteiger partial charge in [-0.05, 0) is 41.0 Å².